The molecule has 0 bridgehead atoms. The third-order valence-corrected chi connectivity index (χ3v) is 5.09. The normalized spacial score (nSPS) is 19.0. The first kappa shape index (κ1) is 16.8. The maximum Gasteiger partial charge on any atom is 0.240 e. The zero-order chi connectivity index (χ0) is 16.3. The third-order valence-electron chi connectivity index (χ3n) is 3.55. The van der Waals surface area contributed by atoms with Crippen LogP contribution in [0, 0.1) is 0 Å². The number of ether oxygens (including phenoxy) is 1. The van der Waals surface area contributed by atoms with Gasteiger partial charge in [-0.05, 0) is 45.0 Å². The van der Waals surface area contributed by atoms with E-state index in [1.807, 2.05) is 20.8 Å². The quantitative estimate of drug-likeness (QED) is 0.857. The molecule has 2 rings (SSSR count). The molecular weight excluding hydrogens is 304 g/mol. The molecule has 122 valence electrons. The molecule has 1 aromatic carbocycles. The number of amides is 1. The third kappa shape index (κ3) is 3.78. The molecule has 1 saturated heterocycles. The van der Waals surface area contributed by atoms with Crippen LogP contribution in [0.5, 0.6) is 5.75 Å². The first-order valence-electron chi connectivity index (χ1n) is 7.38. The fourth-order valence-corrected chi connectivity index (χ4v) is 3.71. The molecule has 1 heterocycles. The van der Waals surface area contributed by atoms with E-state index in [-0.39, 0.29) is 29.3 Å². The van der Waals surface area contributed by atoms with Gasteiger partial charge in [-0.1, -0.05) is 0 Å². The molecule has 0 aromatic heterocycles. The van der Waals surface area contributed by atoms with Crippen molar-refractivity contribution in [2.24, 2.45) is 0 Å². The minimum Gasteiger partial charge on any atom is -0.494 e. The monoisotopic (exact) mass is 326 g/mol. The van der Waals surface area contributed by atoms with Crippen molar-refractivity contribution < 1.29 is 17.9 Å². The van der Waals surface area contributed by atoms with E-state index in [9.17, 15) is 13.2 Å². The number of hydrogen-bond acceptors (Lipinski definition) is 4. The van der Waals surface area contributed by atoms with Crippen molar-refractivity contribution in [3.8, 4) is 5.75 Å². The van der Waals surface area contributed by atoms with Gasteiger partial charge in [0.2, 0.25) is 15.9 Å². The molecule has 1 fully saturated rings. The molecule has 22 heavy (non-hydrogen) atoms. The van der Waals surface area contributed by atoms with Crippen LogP contribution in [-0.4, -0.2) is 44.5 Å². The Balaban J connectivity index is 2.07. The number of likely N-dealkylation sites (tertiary alicyclic amines) is 1. The van der Waals surface area contributed by atoms with Gasteiger partial charge in [0.1, 0.15) is 5.75 Å². The van der Waals surface area contributed by atoms with Gasteiger partial charge in [-0.3, -0.25) is 4.79 Å². The fraction of sp³-hybridized carbons (Fsp3) is 0.533. The van der Waals surface area contributed by atoms with Gasteiger partial charge in [-0.2, -0.15) is 0 Å². The molecule has 1 atom stereocenters. The van der Waals surface area contributed by atoms with Gasteiger partial charge in [0.25, 0.3) is 0 Å². The van der Waals surface area contributed by atoms with Crippen LogP contribution in [0.4, 0.5) is 0 Å². The summed E-state index contributed by atoms with van der Waals surface area (Å²) in [6.07, 6.45) is 0.203. The molecule has 1 amide bonds. The SMILES string of the molecule is CCOc1ccc(S(=O)(=O)NC2CC(=O)N(C(C)C)C2)cc1. The summed E-state index contributed by atoms with van der Waals surface area (Å²) in [5.41, 5.74) is 0. The Morgan fingerprint density at radius 1 is 1.32 bits per heavy atom. The molecule has 1 aliphatic heterocycles. The average Bonchev–Trinajstić information content (AvgIpc) is 2.80. The Kier molecular flexibility index (Phi) is 5.08. The summed E-state index contributed by atoms with van der Waals surface area (Å²) in [6.45, 7) is 6.64. The highest BCUT2D eigenvalue weighted by Gasteiger charge is 2.33. The Morgan fingerprint density at radius 3 is 2.45 bits per heavy atom. The van der Waals surface area contributed by atoms with Crippen molar-refractivity contribution in [3.63, 3.8) is 0 Å². The van der Waals surface area contributed by atoms with E-state index in [2.05, 4.69) is 4.72 Å². The Morgan fingerprint density at radius 2 is 1.95 bits per heavy atom. The Labute approximate surface area is 131 Å². The zero-order valence-corrected chi connectivity index (χ0v) is 13.9. The van der Waals surface area contributed by atoms with Crippen LogP contribution in [0.25, 0.3) is 0 Å². The molecule has 0 radical (unpaired) electrons. The lowest BCUT2D eigenvalue weighted by Gasteiger charge is -2.21. The van der Waals surface area contributed by atoms with Crippen LogP contribution in [0.2, 0.25) is 0 Å². The van der Waals surface area contributed by atoms with Gasteiger partial charge in [-0.25, -0.2) is 13.1 Å². The van der Waals surface area contributed by atoms with Crippen LogP contribution >= 0.6 is 0 Å². The molecule has 7 heteroatoms. The first-order chi connectivity index (χ1) is 10.3. The maximum atomic E-state index is 12.4. The second-order valence-electron chi connectivity index (χ2n) is 5.57. The van der Waals surface area contributed by atoms with E-state index < -0.39 is 10.0 Å². The predicted octanol–water partition coefficient (Wildman–Crippen LogP) is 1.37. The smallest absolute Gasteiger partial charge is 0.240 e. The number of benzene rings is 1. The van der Waals surface area contributed by atoms with Gasteiger partial charge in [-0.15, -0.1) is 0 Å². The number of sulfonamides is 1. The predicted molar refractivity (Wildman–Crippen MR) is 83.2 cm³/mol. The maximum absolute atomic E-state index is 12.4. The highest BCUT2D eigenvalue weighted by atomic mass is 32.2. The summed E-state index contributed by atoms with van der Waals surface area (Å²) < 4.78 is 32.6. The van der Waals surface area contributed by atoms with E-state index in [1.165, 1.54) is 12.1 Å². The van der Waals surface area contributed by atoms with Crippen LogP contribution < -0.4 is 9.46 Å². The fourth-order valence-electron chi connectivity index (χ4n) is 2.48. The summed E-state index contributed by atoms with van der Waals surface area (Å²) in [7, 11) is -3.63. The summed E-state index contributed by atoms with van der Waals surface area (Å²) in [5.74, 6) is 0.609. The number of nitrogens with zero attached hydrogens (tertiary/aromatic N) is 1. The largest absolute Gasteiger partial charge is 0.494 e. The van der Waals surface area contributed by atoms with Crippen LogP contribution in [-0.2, 0) is 14.8 Å². The first-order valence-corrected chi connectivity index (χ1v) is 8.86. The standard InChI is InChI=1S/C15H22N2O4S/c1-4-21-13-5-7-14(8-6-13)22(19,20)16-12-9-15(18)17(10-12)11(2)3/h5-8,11-12,16H,4,9-10H2,1-3H3. The van der Waals surface area contributed by atoms with E-state index >= 15 is 0 Å². The van der Waals surface area contributed by atoms with Gasteiger partial charge in [0, 0.05) is 25.0 Å². The van der Waals surface area contributed by atoms with Gasteiger partial charge < -0.3 is 9.64 Å². The van der Waals surface area contributed by atoms with Crippen molar-refractivity contribution >= 4 is 15.9 Å². The molecule has 6 nitrogen and oxygen atoms in total. The lowest BCUT2D eigenvalue weighted by Crippen LogP contribution is -2.38. The van der Waals surface area contributed by atoms with Crippen molar-refractivity contribution in [2.75, 3.05) is 13.2 Å². The molecule has 1 aliphatic rings. The van der Waals surface area contributed by atoms with Gasteiger partial charge >= 0.3 is 0 Å². The summed E-state index contributed by atoms with van der Waals surface area (Å²) in [6, 6.07) is 5.95. The molecule has 0 saturated carbocycles. The zero-order valence-electron chi connectivity index (χ0n) is 13.1. The molecule has 0 spiro atoms. The Hall–Kier alpha value is -1.60. The number of hydrogen-bond donors (Lipinski definition) is 1. The molecular formula is C15H22N2O4S. The summed E-state index contributed by atoms with van der Waals surface area (Å²) >= 11 is 0. The van der Waals surface area contributed by atoms with Crippen molar-refractivity contribution in [2.45, 2.75) is 44.2 Å². The highest BCUT2D eigenvalue weighted by Crippen LogP contribution is 2.19. The van der Waals surface area contributed by atoms with E-state index in [0.29, 0.717) is 18.9 Å². The van der Waals surface area contributed by atoms with Crippen LogP contribution in [0.3, 0.4) is 0 Å². The molecule has 0 aliphatic carbocycles. The molecule has 1 unspecified atom stereocenters. The second kappa shape index (κ2) is 6.66. The topological polar surface area (TPSA) is 75.7 Å². The minimum atomic E-state index is -3.63. The van der Waals surface area contributed by atoms with Crippen molar-refractivity contribution in [1.82, 2.24) is 9.62 Å². The Bertz CT molecular complexity index is 625. The number of rotatable bonds is 6. The lowest BCUT2D eigenvalue weighted by atomic mass is 10.3. The van der Waals surface area contributed by atoms with Crippen molar-refractivity contribution in [3.05, 3.63) is 24.3 Å². The summed E-state index contributed by atoms with van der Waals surface area (Å²) in [5, 5.41) is 0. The second-order valence-corrected chi connectivity index (χ2v) is 7.28. The lowest BCUT2D eigenvalue weighted by molar-refractivity contribution is -0.129. The summed E-state index contributed by atoms with van der Waals surface area (Å²) in [4.78, 5) is 13.7. The van der Waals surface area contributed by atoms with E-state index in [1.54, 1.807) is 17.0 Å². The highest BCUT2D eigenvalue weighted by molar-refractivity contribution is 7.89. The number of carbonyl (C=O) groups is 1. The molecule has 1 aromatic rings. The minimum absolute atomic E-state index is 0.0191. The van der Waals surface area contributed by atoms with E-state index in [0.717, 1.165) is 0 Å². The van der Waals surface area contributed by atoms with E-state index in [4.69, 9.17) is 4.74 Å². The van der Waals surface area contributed by atoms with Crippen molar-refractivity contribution in [1.29, 1.82) is 0 Å². The molecule has 1 N–H and O–H groups in total. The van der Waals surface area contributed by atoms with Gasteiger partial charge in [0.15, 0.2) is 0 Å². The van der Waals surface area contributed by atoms with Gasteiger partial charge in [0.05, 0.1) is 11.5 Å². The average molecular weight is 326 g/mol. The number of nitrogens with one attached hydrogen (secondary N) is 1. The number of carbonyl (C=O) groups excluding carboxylic acids is 1. The van der Waals surface area contributed by atoms with Crippen LogP contribution in [0.15, 0.2) is 29.2 Å². The van der Waals surface area contributed by atoms with Crippen LogP contribution in [0.1, 0.15) is 27.2 Å².